The summed E-state index contributed by atoms with van der Waals surface area (Å²) in [6, 6.07) is 3.60. The predicted molar refractivity (Wildman–Crippen MR) is 108 cm³/mol. The van der Waals surface area contributed by atoms with Crippen LogP contribution in [0.4, 0.5) is 0 Å². The van der Waals surface area contributed by atoms with Crippen molar-refractivity contribution in [2.75, 3.05) is 20.1 Å². The number of hydrogen-bond acceptors (Lipinski definition) is 3. The summed E-state index contributed by atoms with van der Waals surface area (Å²) in [5, 5.41) is 8.95. The number of rotatable bonds is 7. The summed E-state index contributed by atoms with van der Waals surface area (Å²) in [5.41, 5.74) is 1.35. The van der Waals surface area contributed by atoms with Crippen molar-refractivity contribution in [2.45, 2.75) is 52.2 Å². The van der Waals surface area contributed by atoms with Gasteiger partial charge in [-0.3, -0.25) is 9.89 Å². The van der Waals surface area contributed by atoms with Gasteiger partial charge in [-0.05, 0) is 50.6 Å². The molecule has 1 aliphatic carbocycles. The van der Waals surface area contributed by atoms with Crippen molar-refractivity contribution in [1.82, 2.24) is 15.5 Å². The van der Waals surface area contributed by atoms with Gasteiger partial charge in [0.2, 0.25) is 0 Å². The summed E-state index contributed by atoms with van der Waals surface area (Å²) < 4.78 is 0. The Morgan fingerprint density at radius 3 is 2.64 bits per heavy atom. The highest BCUT2D eigenvalue weighted by Gasteiger charge is 2.30. The van der Waals surface area contributed by atoms with E-state index in [1.807, 2.05) is 7.05 Å². The molecule has 0 radical (unpaired) electrons. The molecule has 0 saturated heterocycles. The summed E-state index contributed by atoms with van der Waals surface area (Å²) >= 11 is 1.79. The maximum atomic E-state index is 4.30. The highest BCUT2D eigenvalue weighted by atomic mass is 127. The number of aliphatic imine (C=N–C) groups is 1. The fourth-order valence-electron chi connectivity index (χ4n) is 2.54. The molecule has 1 aromatic heterocycles. The first-order valence-electron chi connectivity index (χ1n) is 7.85. The van der Waals surface area contributed by atoms with Crippen molar-refractivity contribution < 1.29 is 0 Å². The van der Waals surface area contributed by atoms with Gasteiger partial charge >= 0.3 is 0 Å². The minimum atomic E-state index is 0. The van der Waals surface area contributed by atoms with Gasteiger partial charge in [-0.2, -0.15) is 0 Å². The predicted octanol–water partition coefficient (Wildman–Crippen LogP) is 3.21. The standard InChI is InChI=1S/C16H28N4S.HI/c1-12(2)20(14-5-6-14)9-8-18-16(17-4)19-11-15-13(3)7-10-21-15;/h7,10,12,14H,5-6,8-9,11H2,1-4H3,(H2,17,18,19);1H. The van der Waals surface area contributed by atoms with Crippen LogP contribution in [0, 0.1) is 6.92 Å². The quantitative estimate of drug-likeness (QED) is 0.392. The molecule has 0 bridgehead atoms. The topological polar surface area (TPSA) is 39.7 Å². The number of guanidine groups is 1. The van der Waals surface area contributed by atoms with Crippen LogP contribution < -0.4 is 10.6 Å². The van der Waals surface area contributed by atoms with Crippen LogP contribution in [-0.4, -0.2) is 43.1 Å². The minimum absolute atomic E-state index is 0. The number of nitrogens with one attached hydrogen (secondary N) is 2. The van der Waals surface area contributed by atoms with Crippen molar-refractivity contribution in [2.24, 2.45) is 4.99 Å². The number of aryl methyl sites for hydroxylation is 1. The lowest BCUT2D eigenvalue weighted by Crippen LogP contribution is -2.43. The van der Waals surface area contributed by atoms with Gasteiger partial charge in [-0.15, -0.1) is 35.3 Å². The maximum Gasteiger partial charge on any atom is 0.191 e. The van der Waals surface area contributed by atoms with Gasteiger partial charge in [-0.25, -0.2) is 0 Å². The summed E-state index contributed by atoms with van der Waals surface area (Å²) in [6.45, 7) is 9.59. The molecule has 22 heavy (non-hydrogen) atoms. The van der Waals surface area contributed by atoms with E-state index in [0.29, 0.717) is 6.04 Å². The fraction of sp³-hybridized carbons (Fsp3) is 0.688. The molecule has 2 rings (SSSR count). The molecule has 1 aliphatic rings. The lowest BCUT2D eigenvalue weighted by Gasteiger charge is -2.26. The van der Waals surface area contributed by atoms with Gasteiger partial charge in [-0.1, -0.05) is 0 Å². The Kier molecular flexibility index (Phi) is 8.71. The molecule has 6 heteroatoms. The molecule has 2 N–H and O–H groups in total. The van der Waals surface area contributed by atoms with Gasteiger partial charge in [0.1, 0.15) is 0 Å². The van der Waals surface area contributed by atoms with E-state index in [1.54, 1.807) is 11.3 Å². The summed E-state index contributed by atoms with van der Waals surface area (Å²) in [7, 11) is 1.83. The molecule has 4 nitrogen and oxygen atoms in total. The van der Waals surface area contributed by atoms with Crippen molar-refractivity contribution in [3.05, 3.63) is 21.9 Å². The Balaban J connectivity index is 0.00000242. The molecule has 1 fully saturated rings. The van der Waals surface area contributed by atoms with Crippen LogP contribution in [-0.2, 0) is 6.54 Å². The second-order valence-electron chi connectivity index (χ2n) is 5.94. The molecule has 1 heterocycles. The molecule has 0 atom stereocenters. The van der Waals surface area contributed by atoms with E-state index in [9.17, 15) is 0 Å². The normalized spacial score (nSPS) is 15.1. The molecule has 0 spiro atoms. The lowest BCUT2D eigenvalue weighted by atomic mass is 10.3. The van der Waals surface area contributed by atoms with Gasteiger partial charge in [0.25, 0.3) is 0 Å². The van der Waals surface area contributed by atoms with E-state index in [1.165, 1.54) is 23.3 Å². The fourth-order valence-corrected chi connectivity index (χ4v) is 3.39. The SMILES string of the molecule is CN=C(NCCN(C(C)C)C1CC1)NCc1sccc1C.I. The van der Waals surface area contributed by atoms with Crippen molar-refractivity contribution >= 4 is 41.3 Å². The highest BCUT2D eigenvalue weighted by molar-refractivity contribution is 14.0. The zero-order valence-corrected chi connectivity index (χ0v) is 17.2. The second-order valence-corrected chi connectivity index (χ2v) is 6.94. The Morgan fingerprint density at radius 2 is 2.14 bits per heavy atom. The summed E-state index contributed by atoms with van der Waals surface area (Å²) in [6.07, 6.45) is 2.73. The summed E-state index contributed by atoms with van der Waals surface area (Å²) in [5.74, 6) is 0.891. The molecule has 1 aromatic rings. The van der Waals surface area contributed by atoms with E-state index in [0.717, 1.165) is 31.6 Å². The molecule has 0 aromatic carbocycles. The second kappa shape index (κ2) is 9.72. The van der Waals surface area contributed by atoms with Gasteiger partial charge in [0.15, 0.2) is 5.96 Å². The van der Waals surface area contributed by atoms with Crippen LogP contribution in [0.2, 0.25) is 0 Å². The first-order chi connectivity index (χ1) is 10.1. The molecular formula is C16H29IN4S. The van der Waals surface area contributed by atoms with E-state index < -0.39 is 0 Å². The van der Waals surface area contributed by atoms with E-state index in [2.05, 4.69) is 52.7 Å². The van der Waals surface area contributed by atoms with E-state index >= 15 is 0 Å². The van der Waals surface area contributed by atoms with E-state index in [-0.39, 0.29) is 24.0 Å². The summed E-state index contributed by atoms with van der Waals surface area (Å²) in [4.78, 5) is 8.26. The Morgan fingerprint density at radius 1 is 1.41 bits per heavy atom. The first-order valence-corrected chi connectivity index (χ1v) is 8.73. The average Bonchev–Trinajstić information content (AvgIpc) is 3.21. The van der Waals surface area contributed by atoms with Gasteiger partial charge in [0, 0.05) is 37.1 Å². The zero-order chi connectivity index (χ0) is 15.2. The Hall–Kier alpha value is -0.340. The van der Waals surface area contributed by atoms with Crippen molar-refractivity contribution in [1.29, 1.82) is 0 Å². The number of hydrogen-bond donors (Lipinski definition) is 2. The van der Waals surface area contributed by atoms with Crippen LogP contribution in [0.25, 0.3) is 0 Å². The Labute approximate surface area is 155 Å². The molecule has 0 aliphatic heterocycles. The number of thiophene rings is 1. The van der Waals surface area contributed by atoms with Crippen LogP contribution in [0.5, 0.6) is 0 Å². The van der Waals surface area contributed by atoms with Crippen molar-refractivity contribution in [3.63, 3.8) is 0 Å². The monoisotopic (exact) mass is 436 g/mol. The third kappa shape index (κ3) is 6.04. The smallest absolute Gasteiger partial charge is 0.191 e. The van der Waals surface area contributed by atoms with Crippen molar-refractivity contribution in [3.8, 4) is 0 Å². The van der Waals surface area contributed by atoms with Crippen LogP contribution >= 0.6 is 35.3 Å². The molecule has 1 saturated carbocycles. The number of nitrogens with zero attached hydrogens (tertiary/aromatic N) is 2. The van der Waals surface area contributed by atoms with E-state index in [4.69, 9.17) is 0 Å². The van der Waals surface area contributed by atoms with Crippen LogP contribution in [0.15, 0.2) is 16.4 Å². The molecule has 0 amide bonds. The van der Waals surface area contributed by atoms with Crippen LogP contribution in [0.3, 0.4) is 0 Å². The largest absolute Gasteiger partial charge is 0.355 e. The maximum absolute atomic E-state index is 4.30. The first kappa shape index (κ1) is 19.7. The minimum Gasteiger partial charge on any atom is -0.355 e. The lowest BCUT2D eigenvalue weighted by molar-refractivity contribution is 0.215. The average molecular weight is 436 g/mol. The van der Waals surface area contributed by atoms with Crippen LogP contribution in [0.1, 0.15) is 37.1 Å². The molecule has 126 valence electrons. The highest BCUT2D eigenvalue weighted by Crippen LogP contribution is 2.27. The molecular weight excluding hydrogens is 407 g/mol. The van der Waals surface area contributed by atoms with Gasteiger partial charge < -0.3 is 10.6 Å². The third-order valence-corrected chi connectivity index (χ3v) is 4.97. The third-order valence-electron chi connectivity index (χ3n) is 3.95. The molecule has 0 unspecified atom stereocenters. The zero-order valence-electron chi connectivity index (χ0n) is 14.1. The van der Waals surface area contributed by atoms with Gasteiger partial charge in [0.05, 0.1) is 6.54 Å². The Bertz CT molecular complexity index is 466. The number of halogens is 1.